The predicted molar refractivity (Wildman–Crippen MR) is 97.2 cm³/mol. The summed E-state index contributed by atoms with van der Waals surface area (Å²) in [6.45, 7) is 2.25. The van der Waals surface area contributed by atoms with E-state index in [-0.39, 0.29) is 18.2 Å². The van der Waals surface area contributed by atoms with Crippen LogP contribution in [-0.2, 0) is 16.1 Å². The van der Waals surface area contributed by atoms with Crippen LogP contribution >= 0.6 is 23.2 Å². The number of benzene rings is 2. The van der Waals surface area contributed by atoms with Crippen molar-refractivity contribution in [3.8, 4) is 0 Å². The van der Waals surface area contributed by atoms with Crippen LogP contribution in [0.25, 0.3) is 0 Å². The molecule has 0 fully saturated rings. The Kier molecular flexibility index (Phi) is 6.64. The minimum Gasteiger partial charge on any atom is -0.338 e. The SMILES string of the molecule is CC(=O)N(CCC(=O)Nc1ccccc1Cl)Cc1ccc(Cl)cc1. The van der Waals surface area contributed by atoms with Crippen molar-refractivity contribution >= 4 is 40.7 Å². The first-order valence-corrected chi connectivity index (χ1v) is 8.25. The molecule has 0 saturated heterocycles. The van der Waals surface area contributed by atoms with Crippen molar-refractivity contribution in [2.75, 3.05) is 11.9 Å². The Bertz CT molecular complexity index is 717. The van der Waals surface area contributed by atoms with Gasteiger partial charge in [-0.25, -0.2) is 0 Å². The fourth-order valence-electron chi connectivity index (χ4n) is 2.17. The average Bonchev–Trinajstić information content (AvgIpc) is 2.55. The Morgan fingerprint density at radius 3 is 2.33 bits per heavy atom. The second-order valence-corrected chi connectivity index (χ2v) is 6.19. The number of anilines is 1. The van der Waals surface area contributed by atoms with Gasteiger partial charge in [-0.05, 0) is 29.8 Å². The fourth-order valence-corrected chi connectivity index (χ4v) is 2.48. The lowest BCUT2D eigenvalue weighted by Crippen LogP contribution is -2.31. The Hall–Kier alpha value is -2.04. The Morgan fingerprint density at radius 2 is 1.71 bits per heavy atom. The molecule has 24 heavy (non-hydrogen) atoms. The number of carbonyl (C=O) groups excluding carboxylic acids is 2. The van der Waals surface area contributed by atoms with Crippen LogP contribution in [-0.4, -0.2) is 23.3 Å². The minimum atomic E-state index is -0.189. The summed E-state index contributed by atoms with van der Waals surface area (Å²) in [5.74, 6) is -0.277. The molecule has 0 aliphatic carbocycles. The third kappa shape index (κ3) is 5.55. The minimum absolute atomic E-state index is 0.0875. The van der Waals surface area contributed by atoms with E-state index in [0.29, 0.717) is 28.8 Å². The van der Waals surface area contributed by atoms with E-state index in [1.54, 1.807) is 41.3 Å². The highest BCUT2D eigenvalue weighted by Gasteiger charge is 2.12. The summed E-state index contributed by atoms with van der Waals surface area (Å²) in [5.41, 5.74) is 1.53. The number of hydrogen-bond acceptors (Lipinski definition) is 2. The second-order valence-electron chi connectivity index (χ2n) is 5.35. The molecule has 2 amide bonds. The standard InChI is InChI=1S/C18H18Cl2N2O2/c1-13(23)22(12-14-6-8-15(19)9-7-14)11-10-18(24)21-17-5-3-2-4-16(17)20/h2-9H,10-12H2,1H3,(H,21,24). The van der Waals surface area contributed by atoms with Crippen molar-refractivity contribution in [2.45, 2.75) is 19.9 Å². The van der Waals surface area contributed by atoms with Crippen LogP contribution in [0.4, 0.5) is 5.69 Å². The van der Waals surface area contributed by atoms with Gasteiger partial charge in [0.25, 0.3) is 0 Å². The third-order valence-electron chi connectivity index (χ3n) is 3.49. The highest BCUT2D eigenvalue weighted by Crippen LogP contribution is 2.20. The van der Waals surface area contributed by atoms with Crippen molar-refractivity contribution in [1.29, 1.82) is 0 Å². The van der Waals surface area contributed by atoms with Crippen LogP contribution in [0.15, 0.2) is 48.5 Å². The van der Waals surface area contributed by atoms with Gasteiger partial charge in [0.05, 0.1) is 10.7 Å². The second kappa shape index (κ2) is 8.71. The van der Waals surface area contributed by atoms with Crippen LogP contribution in [0.5, 0.6) is 0 Å². The highest BCUT2D eigenvalue weighted by molar-refractivity contribution is 6.33. The van der Waals surface area contributed by atoms with Gasteiger partial charge in [0.15, 0.2) is 0 Å². The van der Waals surface area contributed by atoms with E-state index in [1.165, 1.54) is 6.92 Å². The molecule has 0 aliphatic rings. The molecule has 2 aromatic carbocycles. The molecular formula is C18H18Cl2N2O2. The molecule has 0 unspecified atom stereocenters. The van der Waals surface area contributed by atoms with Crippen molar-refractivity contribution in [3.63, 3.8) is 0 Å². The summed E-state index contributed by atoms with van der Waals surface area (Å²) >= 11 is 11.9. The molecule has 0 aromatic heterocycles. The molecule has 0 atom stereocenters. The predicted octanol–water partition coefficient (Wildman–Crippen LogP) is 4.37. The lowest BCUT2D eigenvalue weighted by Gasteiger charge is -2.21. The van der Waals surface area contributed by atoms with Crippen molar-refractivity contribution < 1.29 is 9.59 Å². The van der Waals surface area contributed by atoms with Gasteiger partial charge in [-0.2, -0.15) is 0 Å². The molecule has 0 saturated carbocycles. The van der Waals surface area contributed by atoms with Gasteiger partial charge in [-0.1, -0.05) is 47.5 Å². The van der Waals surface area contributed by atoms with Crippen molar-refractivity contribution in [2.24, 2.45) is 0 Å². The summed E-state index contributed by atoms with van der Waals surface area (Å²) in [6, 6.07) is 14.3. The van der Waals surface area contributed by atoms with Gasteiger partial charge in [0, 0.05) is 31.5 Å². The van der Waals surface area contributed by atoms with Gasteiger partial charge < -0.3 is 10.2 Å². The number of nitrogens with zero attached hydrogens (tertiary/aromatic N) is 1. The van der Waals surface area contributed by atoms with Gasteiger partial charge in [-0.3, -0.25) is 9.59 Å². The summed E-state index contributed by atoms with van der Waals surface area (Å²) < 4.78 is 0. The quantitative estimate of drug-likeness (QED) is 0.826. The zero-order chi connectivity index (χ0) is 17.5. The molecule has 4 nitrogen and oxygen atoms in total. The molecule has 0 radical (unpaired) electrons. The lowest BCUT2D eigenvalue weighted by molar-refractivity contribution is -0.129. The first-order chi connectivity index (χ1) is 11.5. The maximum absolute atomic E-state index is 12.1. The van der Waals surface area contributed by atoms with E-state index in [4.69, 9.17) is 23.2 Å². The van der Waals surface area contributed by atoms with Gasteiger partial charge in [-0.15, -0.1) is 0 Å². The van der Waals surface area contributed by atoms with E-state index >= 15 is 0 Å². The fraction of sp³-hybridized carbons (Fsp3) is 0.222. The molecular weight excluding hydrogens is 347 g/mol. The maximum atomic E-state index is 12.1. The summed E-state index contributed by atoms with van der Waals surface area (Å²) in [7, 11) is 0. The van der Waals surface area contributed by atoms with Crippen molar-refractivity contribution in [3.05, 3.63) is 64.1 Å². The molecule has 126 valence electrons. The molecule has 1 N–H and O–H groups in total. The Labute approximate surface area is 151 Å². The molecule has 0 aliphatic heterocycles. The molecule has 2 aromatic rings. The number of nitrogens with one attached hydrogen (secondary N) is 1. The van der Waals surface area contributed by atoms with Crippen LogP contribution in [0.1, 0.15) is 18.9 Å². The number of para-hydroxylation sites is 1. The highest BCUT2D eigenvalue weighted by atomic mass is 35.5. The van der Waals surface area contributed by atoms with Crippen LogP contribution in [0, 0.1) is 0 Å². The van der Waals surface area contributed by atoms with E-state index < -0.39 is 0 Å². The van der Waals surface area contributed by atoms with E-state index in [9.17, 15) is 9.59 Å². The maximum Gasteiger partial charge on any atom is 0.226 e. The largest absolute Gasteiger partial charge is 0.338 e. The average molecular weight is 365 g/mol. The van der Waals surface area contributed by atoms with E-state index in [0.717, 1.165) is 5.56 Å². The zero-order valence-electron chi connectivity index (χ0n) is 13.3. The summed E-state index contributed by atoms with van der Waals surface area (Å²) in [4.78, 5) is 25.5. The zero-order valence-corrected chi connectivity index (χ0v) is 14.8. The molecule has 0 bridgehead atoms. The number of amides is 2. The first kappa shape index (κ1) is 18.3. The van der Waals surface area contributed by atoms with Gasteiger partial charge in [0.2, 0.25) is 11.8 Å². The number of rotatable bonds is 6. The number of carbonyl (C=O) groups is 2. The lowest BCUT2D eigenvalue weighted by atomic mass is 10.2. The monoisotopic (exact) mass is 364 g/mol. The molecule has 2 rings (SSSR count). The van der Waals surface area contributed by atoms with E-state index in [1.807, 2.05) is 12.1 Å². The normalized spacial score (nSPS) is 10.3. The third-order valence-corrected chi connectivity index (χ3v) is 4.07. The number of halogens is 2. The topological polar surface area (TPSA) is 49.4 Å². The Balaban J connectivity index is 1.91. The van der Waals surface area contributed by atoms with Crippen LogP contribution < -0.4 is 5.32 Å². The summed E-state index contributed by atoms with van der Waals surface area (Å²) in [6.07, 6.45) is 0.193. The van der Waals surface area contributed by atoms with Crippen LogP contribution in [0.3, 0.4) is 0 Å². The molecule has 0 heterocycles. The van der Waals surface area contributed by atoms with Gasteiger partial charge in [0.1, 0.15) is 0 Å². The van der Waals surface area contributed by atoms with E-state index in [2.05, 4.69) is 5.32 Å². The smallest absolute Gasteiger partial charge is 0.226 e. The van der Waals surface area contributed by atoms with Crippen LogP contribution in [0.2, 0.25) is 10.0 Å². The first-order valence-electron chi connectivity index (χ1n) is 7.50. The Morgan fingerprint density at radius 1 is 1.04 bits per heavy atom. The summed E-state index contributed by atoms with van der Waals surface area (Å²) in [5, 5.41) is 3.88. The van der Waals surface area contributed by atoms with Gasteiger partial charge >= 0.3 is 0 Å². The molecule has 6 heteroatoms. The molecule has 0 spiro atoms. The van der Waals surface area contributed by atoms with Crippen molar-refractivity contribution in [1.82, 2.24) is 4.90 Å². The number of hydrogen-bond donors (Lipinski definition) is 1.